The van der Waals surface area contributed by atoms with Crippen LogP contribution in [0, 0.1) is 13.8 Å². The molecule has 16 nitrogen and oxygen atoms in total. The van der Waals surface area contributed by atoms with Gasteiger partial charge in [0.15, 0.2) is 0 Å². The first kappa shape index (κ1) is 26.9. The fraction of sp³-hybridized carbons (Fsp3) is 0.565. The summed E-state index contributed by atoms with van der Waals surface area (Å²) in [5.41, 5.74) is -1.02. The van der Waals surface area contributed by atoms with Crippen molar-refractivity contribution in [2.24, 2.45) is 0 Å². The number of aromatic nitrogens is 7. The fourth-order valence-electron chi connectivity index (χ4n) is 4.73. The smallest absolute Gasteiger partial charge is 0.330 e. The van der Waals surface area contributed by atoms with Gasteiger partial charge in [-0.15, -0.1) is 5.10 Å². The largest absolute Gasteiger partial charge is 0.394 e. The zero-order chi connectivity index (χ0) is 27.8. The van der Waals surface area contributed by atoms with Crippen molar-refractivity contribution in [1.29, 1.82) is 0 Å². The molecular weight excluding hydrogens is 518 g/mol. The van der Waals surface area contributed by atoms with Gasteiger partial charge in [0, 0.05) is 36.4 Å². The maximum Gasteiger partial charge on any atom is 0.330 e. The van der Waals surface area contributed by atoms with E-state index in [9.17, 15) is 29.4 Å². The summed E-state index contributed by atoms with van der Waals surface area (Å²) >= 11 is 0. The molecule has 210 valence electrons. The van der Waals surface area contributed by atoms with Crippen LogP contribution in [0.25, 0.3) is 0 Å². The molecule has 0 bridgehead atoms. The number of hydrogen-bond donors (Lipinski definition) is 4. The van der Waals surface area contributed by atoms with E-state index in [1.54, 1.807) is 20.0 Å². The molecule has 2 aliphatic heterocycles. The van der Waals surface area contributed by atoms with E-state index >= 15 is 0 Å². The van der Waals surface area contributed by atoms with E-state index in [4.69, 9.17) is 14.2 Å². The van der Waals surface area contributed by atoms with Gasteiger partial charge in [-0.1, -0.05) is 5.21 Å². The Hall–Kier alpha value is -3.70. The molecule has 3 aromatic heterocycles. The van der Waals surface area contributed by atoms with Crippen LogP contribution >= 0.6 is 0 Å². The lowest BCUT2D eigenvalue weighted by Gasteiger charge is -2.16. The molecule has 0 amide bonds. The molecule has 6 atom stereocenters. The minimum Gasteiger partial charge on any atom is -0.394 e. The Labute approximate surface area is 219 Å². The predicted octanol–water partition coefficient (Wildman–Crippen LogP) is -2.19. The molecule has 39 heavy (non-hydrogen) atoms. The zero-order valence-electron chi connectivity index (χ0n) is 21.2. The molecule has 3 aromatic rings. The zero-order valence-corrected chi connectivity index (χ0v) is 21.2. The number of nitrogens with zero attached hydrogens (tertiary/aromatic N) is 5. The normalized spacial score (nSPS) is 26.9. The third-order valence-electron chi connectivity index (χ3n) is 6.88. The van der Waals surface area contributed by atoms with Gasteiger partial charge in [-0.3, -0.25) is 28.7 Å². The first-order valence-corrected chi connectivity index (χ1v) is 12.4. The highest BCUT2D eigenvalue weighted by Gasteiger charge is 2.38. The van der Waals surface area contributed by atoms with Gasteiger partial charge in [-0.05, 0) is 13.8 Å². The minimum absolute atomic E-state index is 0.0412. The molecule has 2 fully saturated rings. The fourth-order valence-corrected chi connectivity index (χ4v) is 4.73. The highest BCUT2D eigenvalue weighted by atomic mass is 16.6. The quantitative estimate of drug-likeness (QED) is 0.238. The molecule has 4 N–H and O–H groups in total. The van der Waals surface area contributed by atoms with Crippen LogP contribution in [-0.4, -0.2) is 75.3 Å². The van der Waals surface area contributed by atoms with Crippen LogP contribution in [0.3, 0.4) is 0 Å². The van der Waals surface area contributed by atoms with Crippen LogP contribution in [0.15, 0.2) is 37.8 Å². The molecule has 2 aliphatic rings. The van der Waals surface area contributed by atoms with Gasteiger partial charge in [-0.2, -0.15) is 0 Å². The molecule has 0 spiro atoms. The first-order valence-electron chi connectivity index (χ1n) is 12.4. The Balaban J connectivity index is 1.19. The van der Waals surface area contributed by atoms with Crippen LogP contribution in [0.4, 0.5) is 0 Å². The van der Waals surface area contributed by atoms with Crippen LogP contribution < -0.4 is 22.5 Å². The third kappa shape index (κ3) is 5.55. The van der Waals surface area contributed by atoms with Crippen LogP contribution in [0.1, 0.15) is 42.1 Å². The second-order valence-electron chi connectivity index (χ2n) is 9.72. The number of nitrogens with one attached hydrogen (secondary N) is 2. The van der Waals surface area contributed by atoms with Gasteiger partial charge < -0.3 is 24.4 Å². The van der Waals surface area contributed by atoms with Crippen LogP contribution in [0.5, 0.6) is 0 Å². The summed E-state index contributed by atoms with van der Waals surface area (Å²) in [7, 11) is 0. The van der Waals surface area contributed by atoms with Crippen LogP contribution in [-0.2, 0) is 27.4 Å². The molecule has 0 radical (unpaired) electrons. The van der Waals surface area contributed by atoms with Gasteiger partial charge in [-0.25, -0.2) is 14.3 Å². The van der Waals surface area contributed by atoms with E-state index < -0.39 is 59.4 Å². The van der Waals surface area contributed by atoms with Crippen molar-refractivity contribution in [2.75, 3.05) is 6.61 Å². The number of hydrogen-bond acceptors (Lipinski definition) is 11. The molecule has 16 heteroatoms. The van der Waals surface area contributed by atoms with Crippen molar-refractivity contribution in [3.05, 3.63) is 77.1 Å². The summed E-state index contributed by atoms with van der Waals surface area (Å²) in [6.07, 6.45) is 0.584. The molecule has 5 rings (SSSR count). The number of H-pyrrole nitrogens is 2. The molecule has 0 saturated carbocycles. The molecule has 0 aromatic carbocycles. The maximum absolute atomic E-state index is 12.2. The van der Waals surface area contributed by atoms with E-state index in [1.807, 2.05) is 0 Å². The van der Waals surface area contributed by atoms with E-state index in [2.05, 4.69) is 20.3 Å². The van der Waals surface area contributed by atoms with Gasteiger partial charge in [0.1, 0.15) is 30.4 Å². The van der Waals surface area contributed by atoms with Gasteiger partial charge >= 0.3 is 11.4 Å². The topological polar surface area (TPSA) is 209 Å². The maximum atomic E-state index is 12.2. The second kappa shape index (κ2) is 10.8. The van der Waals surface area contributed by atoms with Crippen molar-refractivity contribution >= 4 is 0 Å². The molecule has 2 saturated heterocycles. The van der Waals surface area contributed by atoms with E-state index in [0.717, 1.165) is 0 Å². The SMILES string of the molecule is Cc1cn([C@H]2C[C@H](OCc3cn(C[C@H]4O[C@@H](n5cc(C)c(=O)[nH]c5=O)C[C@@H]4O)nn3)[C@@H](CO)O2)c(=O)[nH]c1=O. The number of aliphatic hydroxyl groups excluding tert-OH is 2. The Morgan fingerprint density at radius 3 is 2.15 bits per heavy atom. The Morgan fingerprint density at radius 2 is 1.54 bits per heavy atom. The van der Waals surface area contributed by atoms with Gasteiger partial charge in [0.2, 0.25) is 0 Å². The monoisotopic (exact) mass is 547 g/mol. The Morgan fingerprint density at radius 1 is 0.949 bits per heavy atom. The van der Waals surface area contributed by atoms with Crippen molar-refractivity contribution < 1.29 is 24.4 Å². The molecule has 0 unspecified atom stereocenters. The lowest BCUT2D eigenvalue weighted by molar-refractivity contribution is -0.0662. The van der Waals surface area contributed by atoms with Crippen molar-refractivity contribution in [3.8, 4) is 0 Å². The van der Waals surface area contributed by atoms with E-state index in [-0.39, 0.29) is 32.6 Å². The minimum atomic E-state index is -0.879. The second-order valence-corrected chi connectivity index (χ2v) is 9.72. The van der Waals surface area contributed by atoms with Gasteiger partial charge in [0.05, 0.1) is 38.2 Å². The van der Waals surface area contributed by atoms with Crippen LogP contribution in [0.2, 0.25) is 0 Å². The summed E-state index contributed by atoms with van der Waals surface area (Å²) in [6.45, 7) is 3.01. The summed E-state index contributed by atoms with van der Waals surface area (Å²) in [5, 5.41) is 28.4. The lowest BCUT2D eigenvalue weighted by atomic mass is 10.2. The first-order chi connectivity index (χ1) is 18.6. The highest BCUT2D eigenvalue weighted by Crippen LogP contribution is 2.31. The van der Waals surface area contributed by atoms with E-state index in [1.165, 1.54) is 26.2 Å². The molecule has 0 aliphatic carbocycles. The summed E-state index contributed by atoms with van der Waals surface area (Å²) in [6, 6.07) is 0. The third-order valence-corrected chi connectivity index (χ3v) is 6.88. The summed E-state index contributed by atoms with van der Waals surface area (Å²) in [5.74, 6) is 0. The predicted molar refractivity (Wildman–Crippen MR) is 131 cm³/mol. The average Bonchev–Trinajstić information content (AvgIpc) is 3.61. The van der Waals surface area contributed by atoms with Crippen molar-refractivity contribution in [3.63, 3.8) is 0 Å². The number of aryl methyl sites for hydroxylation is 2. The Bertz CT molecular complexity index is 1570. The summed E-state index contributed by atoms with van der Waals surface area (Å²) in [4.78, 5) is 52.1. The van der Waals surface area contributed by atoms with Gasteiger partial charge in [0.25, 0.3) is 11.1 Å². The highest BCUT2D eigenvalue weighted by molar-refractivity contribution is 5.03. The van der Waals surface area contributed by atoms with Crippen molar-refractivity contribution in [1.82, 2.24) is 34.1 Å². The van der Waals surface area contributed by atoms with Crippen molar-refractivity contribution in [2.45, 2.75) is 76.7 Å². The number of ether oxygens (including phenoxy) is 3. The number of aromatic amines is 2. The average molecular weight is 548 g/mol. The molecule has 5 heterocycles. The lowest BCUT2D eigenvalue weighted by Crippen LogP contribution is -2.33. The Kier molecular flexibility index (Phi) is 7.46. The van der Waals surface area contributed by atoms with E-state index in [0.29, 0.717) is 16.8 Å². The molecular formula is C23H29N7O9. The number of rotatable bonds is 8. The number of aliphatic hydroxyl groups is 2. The summed E-state index contributed by atoms with van der Waals surface area (Å²) < 4.78 is 21.6. The standard InChI is InChI=1S/C23H29N7O9/c1-11-5-29(22(35)24-20(11)33)18-3-14(32)16(38-18)8-28-7-13(26-27-28)10-37-15-4-19(39-17(15)9-31)30-6-12(2)21(34)25-23(30)36/h5-7,14-19,31-32H,3-4,8-10H2,1-2H3,(H,24,33,35)(H,25,34,36)/t14-,15-,16+,17+,18+,19+/m0/s1.